The van der Waals surface area contributed by atoms with Crippen molar-refractivity contribution < 1.29 is 14.3 Å². The van der Waals surface area contributed by atoms with Gasteiger partial charge in [-0.05, 0) is 35.7 Å². The van der Waals surface area contributed by atoms with E-state index in [-0.39, 0.29) is 5.78 Å². The largest absolute Gasteiger partial charge is 0.494 e. The van der Waals surface area contributed by atoms with E-state index in [4.69, 9.17) is 9.47 Å². The van der Waals surface area contributed by atoms with Crippen LogP contribution in [0.25, 0.3) is 0 Å². The Bertz CT molecular complexity index is 503. The van der Waals surface area contributed by atoms with Gasteiger partial charge in [0.15, 0.2) is 5.78 Å². The first-order valence-corrected chi connectivity index (χ1v) is 7.04. The Morgan fingerprint density at radius 3 is 2.53 bits per heavy atom. The Morgan fingerprint density at radius 2 is 1.89 bits per heavy atom. The van der Waals surface area contributed by atoms with E-state index >= 15 is 0 Å². The molecule has 2 rings (SSSR count). The number of ketones is 1. The lowest BCUT2D eigenvalue weighted by atomic mass is 10.1. The van der Waals surface area contributed by atoms with Crippen molar-refractivity contribution in [1.29, 1.82) is 0 Å². The number of hydrogen-bond acceptors (Lipinski definition) is 4. The second kappa shape index (κ2) is 7.07. The second-order valence-electron chi connectivity index (χ2n) is 4.06. The molecule has 0 aliphatic carbocycles. The van der Waals surface area contributed by atoms with Gasteiger partial charge in [0.2, 0.25) is 0 Å². The highest BCUT2D eigenvalue weighted by Crippen LogP contribution is 2.17. The number of methoxy groups -OCH3 is 1. The fraction of sp³-hybridized carbons (Fsp3) is 0.267. The van der Waals surface area contributed by atoms with Crippen LogP contribution in [0, 0.1) is 0 Å². The molecule has 0 spiro atoms. The third-order valence-corrected chi connectivity index (χ3v) is 3.34. The summed E-state index contributed by atoms with van der Waals surface area (Å²) < 4.78 is 10.5. The minimum Gasteiger partial charge on any atom is -0.494 e. The van der Waals surface area contributed by atoms with Gasteiger partial charge >= 0.3 is 0 Å². The monoisotopic (exact) mass is 276 g/mol. The van der Waals surface area contributed by atoms with Gasteiger partial charge in [0, 0.05) is 36.6 Å². The van der Waals surface area contributed by atoms with Gasteiger partial charge in [-0.2, -0.15) is 11.3 Å². The zero-order valence-corrected chi connectivity index (χ0v) is 11.6. The van der Waals surface area contributed by atoms with Gasteiger partial charge in [0.05, 0.1) is 6.61 Å². The fourth-order valence-electron chi connectivity index (χ4n) is 1.66. The highest BCUT2D eigenvalue weighted by Gasteiger charge is 2.09. The minimum atomic E-state index is 0.0483. The lowest BCUT2D eigenvalue weighted by Crippen LogP contribution is -2.02. The first kappa shape index (κ1) is 13.8. The van der Waals surface area contributed by atoms with Crippen molar-refractivity contribution in [2.45, 2.75) is 6.42 Å². The molecule has 0 aliphatic heterocycles. The maximum Gasteiger partial charge on any atom is 0.193 e. The van der Waals surface area contributed by atoms with Gasteiger partial charge in [-0.25, -0.2) is 0 Å². The van der Waals surface area contributed by atoms with Crippen LogP contribution in [0.1, 0.15) is 22.3 Å². The zero-order chi connectivity index (χ0) is 13.5. The number of ether oxygens (including phenoxy) is 2. The van der Waals surface area contributed by atoms with Crippen LogP contribution >= 0.6 is 11.3 Å². The van der Waals surface area contributed by atoms with Gasteiger partial charge in [0.1, 0.15) is 5.75 Å². The molecule has 0 fully saturated rings. The molecule has 0 bridgehead atoms. The van der Waals surface area contributed by atoms with Gasteiger partial charge in [-0.15, -0.1) is 0 Å². The van der Waals surface area contributed by atoms with Crippen LogP contribution < -0.4 is 4.74 Å². The van der Waals surface area contributed by atoms with E-state index in [2.05, 4.69) is 0 Å². The van der Waals surface area contributed by atoms with Gasteiger partial charge < -0.3 is 9.47 Å². The van der Waals surface area contributed by atoms with Crippen LogP contribution in [0.3, 0.4) is 0 Å². The molecule has 0 amide bonds. The van der Waals surface area contributed by atoms with Crippen molar-refractivity contribution in [1.82, 2.24) is 0 Å². The third kappa shape index (κ3) is 3.91. The Labute approximate surface area is 116 Å². The number of benzene rings is 1. The Hall–Kier alpha value is -1.65. The predicted octanol–water partition coefficient (Wildman–Crippen LogP) is 3.39. The molecule has 0 N–H and O–H groups in total. The van der Waals surface area contributed by atoms with E-state index in [0.29, 0.717) is 18.8 Å². The maximum absolute atomic E-state index is 12.1. The van der Waals surface area contributed by atoms with Gasteiger partial charge in [-0.1, -0.05) is 0 Å². The van der Waals surface area contributed by atoms with Gasteiger partial charge in [-0.3, -0.25) is 4.79 Å². The molecule has 0 saturated carbocycles. The van der Waals surface area contributed by atoms with E-state index in [0.717, 1.165) is 17.7 Å². The molecule has 0 aliphatic rings. The first-order valence-electron chi connectivity index (χ1n) is 6.10. The molecular formula is C15H16O3S. The average molecular weight is 276 g/mol. The van der Waals surface area contributed by atoms with E-state index in [9.17, 15) is 4.79 Å². The molecular weight excluding hydrogens is 260 g/mol. The highest BCUT2D eigenvalue weighted by molar-refractivity contribution is 7.08. The maximum atomic E-state index is 12.1. The third-order valence-electron chi connectivity index (χ3n) is 2.66. The first-order chi connectivity index (χ1) is 9.31. The molecule has 0 atom stereocenters. The van der Waals surface area contributed by atoms with Crippen molar-refractivity contribution in [3.63, 3.8) is 0 Å². The Morgan fingerprint density at radius 1 is 1.11 bits per heavy atom. The van der Waals surface area contributed by atoms with Crippen molar-refractivity contribution in [2.75, 3.05) is 20.3 Å². The summed E-state index contributed by atoms with van der Waals surface area (Å²) in [6.45, 7) is 1.31. The molecule has 1 aromatic carbocycles. The SMILES string of the molecule is COCCCOc1ccc(C(=O)c2ccsc2)cc1. The smallest absolute Gasteiger partial charge is 0.193 e. The van der Waals surface area contributed by atoms with Gasteiger partial charge in [0.25, 0.3) is 0 Å². The van der Waals surface area contributed by atoms with E-state index in [1.165, 1.54) is 11.3 Å². The zero-order valence-electron chi connectivity index (χ0n) is 10.8. The molecule has 2 aromatic rings. The molecule has 100 valence electrons. The van der Waals surface area contributed by atoms with Crippen molar-refractivity contribution in [3.05, 3.63) is 52.2 Å². The number of carbonyl (C=O) groups is 1. The highest BCUT2D eigenvalue weighted by atomic mass is 32.1. The molecule has 0 saturated heterocycles. The summed E-state index contributed by atoms with van der Waals surface area (Å²) in [6.07, 6.45) is 0.853. The Balaban J connectivity index is 1.93. The van der Waals surface area contributed by atoms with Crippen LogP contribution in [-0.4, -0.2) is 26.1 Å². The molecule has 1 heterocycles. The van der Waals surface area contributed by atoms with E-state index in [1.54, 1.807) is 19.2 Å². The van der Waals surface area contributed by atoms with Crippen molar-refractivity contribution in [3.8, 4) is 5.75 Å². The molecule has 19 heavy (non-hydrogen) atoms. The molecule has 1 aromatic heterocycles. The topological polar surface area (TPSA) is 35.5 Å². The van der Waals surface area contributed by atoms with Crippen LogP contribution in [-0.2, 0) is 4.74 Å². The standard InChI is InChI=1S/C15H16O3S/c1-17-8-2-9-18-14-5-3-12(4-6-14)15(16)13-7-10-19-11-13/h3-7,10-11H,2,8-9H2,1H3. The van der Waals surface area contributed by atoms with Crippen LogP contribution in [0.4, 0.5) is 0 Å². The normalized spacial score (nSPS) is 10.4. The van der Waals surface area contributed by atoms with Crippen LogP contribution in [0.2, 0.25) is 0 Å². The van der Waals surface area contributed by atoms with Crippen molar-refractivity contribution in [2.24, 2.45) is 0 Å². The molecule has 0 radical (unpaired) electrons. The number of rotatable bonds is 7. The summed E-state index contributed by atoms with van der Waals surface area (Å²) in [6, 6.07) is 9.08. The summed E-state index contributed by atoms with van der Waals surface area (Å²) in [5.41, 5.74) is 1.42. The fourth-order valence-corrected chi connectivity index (χ4v) is 2.29. The van der Waals surface area contributed by atoms with Crippen LogP contribution in [0.15, 0.2) is 41.1 Å². The second-order valence-corrected chi connectivity index (χ2v) is 4.84. The van der Waals surface area contributed by atoms with E-state index in [1.807, 2.05) is 29.0 Å². The summed E-state index contributed by atoms with van der Waals surface area (Å²) in [5.74, 6) is 0.824. The lowest BCUT2D eigenvalue weighted by Gasteiger charge is -2.06. The lowest BCUT2D eigenvalue weighted by molar-refractivity contribution is 0.103. The predicted molar refractivity (Wildman–Crippen MR) is 76.2 cm³/mol. The summed E-state index contributed by atoms with van der Waals surface area (Å²) >= 11 is 1.52. The Kier molecular flexibility index (Phi) is 5.12. The number of carbonyl (C=O) groups excluding carboxylic acids is 1. The summed E-state index contributed by atoms with van der Waals surface area (Å²) in [4.78, 5) is 12.1. The summed E-state index contributed by atoms with van der Waals surface area (Å²) in [5, 5.41) is 3.76. The van der Waals surface area contributed by atoms with E-state index < -0.39 is 0 Å². The molecule has 3 nitrogen and oxygen atoms in total. The summed E-state index contributed by atoms with van der Waals surface area (Å²) in [7, 11) is 1.67. The average Bonchev–Trinajstić information content (AvgIpc) is 2.98. The number of thiophene rings is 1. The molecule has 0 unspecified atom stereocenters. The molecule has 4 heteroatoms. The van der Waals surface area contributed by atoms with Crippen LogP contribution in [0.5, 0.6) is 5.75 Å². The van der Waals surface area contributed by atoms with Crippen molar-refractivity contribution >= 4 is 17.1 Å². The minimum absolute atomic E-state index is 0.0483. The quantitative estimate of drug-likeness (QED) is 0.574. The number of hydrogen-bond donors (Lipinski definition) is 0.